The highest BCUT2D eigenvalue weighted by Gasteiger charge is 2.19. The molecule has 0 fully saturated rings. The van der Waals surface area contributed by atoms with E-state index in [1.165, 1.54) is 6.07 Å². The molecule has 0 saturated heterocycles. The predicted octanol–water partition coefficient (Wildman–Crippen LogP) is 3.07. The van der Waals surface area contributed by atoms with Crippen LogP contribution in [0.25, 0.3) is 0 Å². The molecule has 0 saturated carbocycles. The zero-order valence-electron chi connectivity index (χ0n) is 14.1. The molecule has 2 aromatic carbocycles. The molecule has 0 spiro atoms. The number of halogens is 1. The Balaban J connectivity index is 0.00000312. The van der Waals surface area contributed by atoms with Gasteiger partial charge in [0.2, 0.25) is 5.91 Å². The lowest BCUT2D eigenvalue weighted by atomic mass is 10.0. The monoisotopic (exact) mass is 363 g/mol. The molecule has 2 atom stereocenters. The van der Waals surface area contributed by atoms with Gasteiger partial charge in [-0.15, -0.1) is 12.4 Å². The fourth-order valence-electron chi connectivity index (χ4n) is 2.46. The second-order valence-corrected chi connectivity index (χ2v) is 5.83. The first kappa shape index (κ1) is 20.6. The maximum atomic E-state index is 12.2. The van der Waals surface area contributed by atoms with Crippen LogP contribution in [0.5, 0.6) is 0 Å². The van der Waals surface area contributed by atoms with Crippen LogP contribution in [0.15, 0.2) is 48.5 Å². The molecule has 1 unspecified atom stereocenters. The number of benzene rings is 2. The van der Waals surface area contributed by atoms with Crippen molar-refractivity contribution in [2.75, 3.05) is 0 Å². The Morgan fingerprint density at radius 1 is 1.24 bits per heavy atom. The molecule has 0 aromatic heterocycles. The summed E-state index contributed by atoms with van der Waals surface area (Å²) in [6.07, 6.45) is 0.438. The lowest BCUT2D eigenvalue weighted by Crippen LogP contribution is -2.42. The Bertz CT molecular complexity index is 738. The van der Waals surface area contributed by atoms with Gasteiger partial charge in [-0.3, -0.25) is 14.9 Å². The summed E-state index contributed by atoms with van der Waals surface area (Å²) < 4.78 is 0. The lowest BCUT2D eigenvalue weighted by Gasteiger charge is -2.18. The van der Waals surface area contributed by atoms with Gasteiger partial charge in [0.05, 0.1) is 17.0 Å². The summed E-state index contributed by atoms with van der Waals surface area (Å²) in [5.74, 6) is -0.283. The van der Waals surface area contributed by atoms with Crippen molar-refractivity contribution < 1.29 is 9.72 Å². The molecular formula is C18H22ClN3O3. The molecule has 2 rings (SSSR count). The van der Waals surface area contributed by atoms with Crippen LogP contribution in [-0.4, -0.2) is 16.9 Å². The molecule has 1 amide bonds. The van der Waals surface area contributed by atoms with Gasteiger partial charge in [0.1, 0.15) is 0 Å². The van der Waals surface area contributed by atoms with Crippen LogP contribution in [-0.2, 0) is 11.2 Å². The van der Waals surface area contributed by atoms with Gasteiger partial charge in [-0.25, -0.2) is 0 Å². The maximum absolute atomic E-state index is 12.2. The van der Waals surface area contributed by atoms with E-state index in [1.807, 2.05) is 30.3 Å². The van der Waals surface area contributed by atoms with E-state index in [0.29, 0.717) is 17.5 Å². The third-order valence-corrected chi connectivity index (χ3v) is 3.92. The van der Waals surface area contributed by atoms with Crippen LogP contribution in [0.4, 0.5) is 5.69 Å². The van der Waals surface area contributed by atoms with Crippen molar-refractivity contribution in [3.8, 4) is 0 Å². The first-order valence-electron chi connectivity index (χ1n) is 7.73. The van der Waals surface area contributed by atoms with Crippen LogP contribution in [0.2, 0.25) is 0 Å². The van der Waals surface area contributed by atoms with Crippen LogP contribution < -0.4 is 11.1 Å². The highest BCUT2D eigenvalue weighted by atomic mass is 35.5. The molecule has 0 bridgehead atoms. The molecule has 0 aliphatic rings. The zero-order valence-corrected chi connectivity index (χ0v) is 15.0. The average molecular weight is 364 g/mol. The molecule has 134 valence electrons. The lowest BCUT2D eigenvalue weighted by molar-refractivity contribution is -0.385. The van der Waals surface area contributed by atoms with E-state index in [2.05, 4.69) is 5.32 Å². The maximum Gasteiger partial charge on any atom is 0.272 e. The van der Waals surface area contributed by atoms with Crippen molar-refractivity contribution in [2.24, 2.45) is 5.73 Å². The third-order valence-electron chi connectivity index (χ3n) is 3.92. The van der Waals surface area contributed by atoms with E-state index in [0.717, 1.165) is 5.56 Å². The van der Waals surface area contributed by atoms with E-state index in [-0.39, 0.29) is 30.0 Å². The van der Waals surface area contributed by atoms with Gasteiger partial charge >= 0.3 is 0 Å². The Labute approximate surface area is 153 Å². The van der Waals surface area contributed by atoms with Gasteiger partial charge in [0.25, 0.3) is 5.69 Å². The Morgan fingerprint density at radius 2 is 1.88 bits per heavy atom. The van der Waals surface area contributed by atoms with E-state index < -0.39 is 11.0 Å². The van der Waals surface area contributed by atoms with E-state index in [9.17, 15) is 14.9 Å². The summed E-state index contributed by atoms with van der Waals surface area (Å²) in [5.41, 5.74) is 8.25. The van der Waals surface area contributed by atoms with Crippen LogP contribution in [0, 0.1) is 17.0 Å². The number of carbonyl (C=O) groups is 1. The molecular weight excluding hydrogens is 342 g/mol. The minimum atomic E-state index is -0.671. The summed E-state index contributed by atoms with van der Waals surface area (Å²) in [4.78, 5) is 22.9. The second kappa shape index (κ2) is 9.15. The fourth-order valence-corrected chi connectivity index (χ4v) is 2.46. The molecule has 25 heavy (non-hydrogen) atoms. The number of nitrogens with zero attached hydrogens (tertiary/aromatic N) is 1. The van der Waals surface area contributed by atoms with Crippen molar-refractivity contribution in [1.29, 1.82) is 0 Å². The third kappa shape index (κ3) is 5.55. The minimum absolute atomic E-state index is 0. The van der Waals surface area contributed by atoms with Gasteiger partial charge < -0.3 is 11.1 Å². The number of nitro benzene ring substituents is 1. The smallest absolute Gasteiger partial charge is 0.272 e. The Kier molecular flexibility index (Phi) is 7.54. The number of nitrogens with one attached hydrogen (secondary N) is 1. The number of hydrogen-bond donors (Lipinski definition) is 2. The quantitative estimate of drug-likeness (QED) is 0.608. The van der Waals surface area contributed by atoms with Crippen LogP contribution in [0.3, 0.4) is 0 Å². The van der Waals surface area contributed by atoms with Crippen molar-refractivity contribution in [1.82, 2.24) is 5.32 Å². The summed E-state index contributed by atoms with van der Waals surface area (Å²) in [7, 11) is 0. The fraction of sp³-hybridized carbons (Fsp3) is 0.278. The molecule has 0 heterocycles. The van der Waals surface area contributed by atoms with Crippen LogP contribution >= 0.6 is 12.4 Å². The number of carbonyl (C=O) groups excluding carboxylic acids is 1. The van der Waals surface area contributed by atoms with Gasteiger partial charge in [-0.05, 0) is 31.4 Å². The Morgan fingerprint density at radius 3 is 2.48 bits per heavy atom. The summed E-state index contributed by atoms with van der Waals surface area (Å²) in [5, 5.41) is 13.8. The normalized spacial score (nSPS) is 12.6. The molecule has 0 aliphatic heterocycles. The average Bonchev–Trinajstić information content (AvgIpc) is 2.55. The molecule has 2 aromatic rings. The van der Waals surface area contributed by atoms with Crippen molar-refractivity contribution >= 4 is 24.0 Å². The summed E-state index contributed by atoms with van der Waals surface area (Å²) in [6, 6.07) is 13.4. The summed E-state index contributed by atoms with van der Waals surface area (Å²) >= 11 is 0. The minimum Gasteiger partial charge on any atom is -0.348 e. The zero-order chi connectivity index (χ0) is 17.7. The topological polar surface area (TPSA) is 98.3 Å². The number of nitro groups is 1. The first-order chi connectivity index (χ1) is 11.4. The predicted molar refractivity (Wildman–Crippen MR) is 99.8 cm³/mol. The van der Waals surface area contributed by atoms with E-state index >= 15 is 0 Å². The van der Waals surface area contributed by atoms with Gasteiger partial charge in [0.15, 0.2) is 0 Å². The molecule has 0 aliphatic carbocycles. The molecule has 0 radical (unpaired) electrons. The number of rotatable bonds is 6. The standard InChI is InChI=1S/C18H21N3O3.ClH/c1-12-8-9-15(11-17(12)21(23)24)13(2)20-18(22)16(19)10-14-6-4-3-5-7-14;/h3-9,11,13,16H,10,19H2,1-2H3,(H,20,22);1H/t13?,16-;/m0./s1. The van der Waals surface area contributed by atoms with Crippen molar-refractivity contribution in [3.05, 3.63) is 75.3 Å². The molecule has 7 heteroatoms. The molecule has 6 nitrogen and oxygen atoms in total. The number of amides is 1. The van der Waals surface area contributed by atoms with E-state index in [1.54, 1.807) is 26.0 Å². The van der Waals surface area contributed by atoms with Crippen molar-refractivity contribution in [2.45, 2.75) is 32.4 Å². The highest BCUT2D eigenvalue weighted by Crippen LogP contribution is 2.23. The Hall–Kier alpha value is -2.44. The number of hydrogen-bond acceptors (Lipinski definition) is 4. The number of aryl methyl sites for hydroxylation is 1. The molecule has 3 N–H and O–H groups in total. The number of nitrogens with two attached hydrogens (primary N) is 1. The van der Waals surface area contributed by atoms with Gasteiger partial charge in [0, 0.05) is 11.6 Å². The SMILES string of the molecule is Cc1ccc(C(C)NC(=O)[C@@H](N)Cc2ccccc2)cc1[N+](=O)[O-].Cl. The van der Waals surface area contributed by atoms with Crippen LogP contribution in [0.1, 0.15) is 29.7 Å². The van der Waals surface area contributed by atoms with Gasteiger partial charge in [-0.1, -0.05) is 42.5 Å². The first-order valence-corrected chi connectivity index (χ1v) is 7.73. The second-order valence-electron chi connectivity index (χ2n) is 5.83. The highest BCUT2D eigenvalue weighted by molar-refractivity contribution is 5.85. The van der Waals surface area contributed by atoms with E-state index in [4.69, 9.17) is 5.73 Å². The van der Waals surface area contributed by atoms with Crippen molar-refractivity contribution in [3.63, 3.8) is 0 Å². The largest absolute Gasteiger partial charge is 0.348 e. The summed E-state index contributed by atoms with van der Waals surface area (Å²) in [6.45, 7) is 3.46. The van der Waals surface area contributed by atoms with Gasteiger partial charge in [-0.2, -0.15) is 0 Å².